The molecule has 1 aromatic carbocycles. The molecule has 0 aliphatic rings. The number of rotatable bonds is 3. The molecule has 0 aliphatic heterocycles. The molecule has 4 heteroatoms. The van der Waals surface area contributed by atoms with E-state index in [1.807, 2.05) is 12.1 Å². The van der Waals surface area contributed by atoms with Crippen molar-refractivity contribution < 1.29 is 0 Å². The maximum absolute atomic E-state index is 5.67. The molecule has 0 aliphatic carbocycles. The number of anilines is 1. The molecular weight excluding hydrogens is 313 g/mol. The second-order valence-corrected chi connectivity index (χ2v) is 3.44. The summed E-state index contributed by atoms with van der Waals surface area (Å²) in [5.41, 5.74) is 9.13. The quantitative estimate of drug-likeness (QED) is 0.387. The van der Waals surface area contributed by atoms with Crippen LogP contribution in [0.1, 0.15) is 11.1 Å². The molecule has 16 heavy (non-hydrogen) atoms. The molecular formula is C12H18IN3. The van der Waals surface area contributed by atoms with Crippen molar-refractivity contribution in [1.82, 2.24) is 0 Å². The zero-order valence-electron chi connectivity index (χ0n) is 9.66. The van der Waals surface area contributed by atoms with Crippen LogP contribution in [-0.2, 0) is 0 Å². The van der Waals surface area contributed by atoms with Crippen LogP contribution in [0, 0.1) is 13.8 Å². The molecule has 0 saturated carbocycles. The van der Waals surface area contributed by atoms with Gasteiger partial charge in [0.2, 0.25) is 0 Å². The molecule has 0 fully saturated rings. The fraction of sp³-hybridized carbons (Fsp3) is 0.250. The number of benzene rings is 1. The molecule has 0 radical (unpaired) electrons. The first-order chi connectivity index (χ1) is 7.13. The molecule has 0 unspecified atom stereocenters. The SMILES string of the molecule is C=CCN=C(N)Nc1ccc(C)c(C)c1.I. The van der Waals surface area contributed by atoms with Crippen molar-refractivity contribution in [3.63, 3.8) is 0 Å². The highest BCUT2D eigenvalue weighted by molar-refractivity contribution is 14.0. The number of nitrogens with one attached hydrogen (secondary N) is 1. The van der Waals surface area contributed by atoms with Gasteiger partial charge in [-0.15, -0.1) is 30.6 Å². The Morgan fingerprint density at radius 3 is 2.69 bits per heavy atom. The molecule has 0 bridgehead atoms. The number of nitrogens with two attached hydrogens (primary N) is 1. The zero-order chi connectivity index (χ0) is 11.3. The van der Waals surface area contributed by atoms with Gasteiger partial charge in [0.1, 0.15) is 0 Å². The van der Waals surface area contributed by atoms with Crippen molar-refractivity contribution in [1.29, 1.82) is 0 Å². The largest absolute Gasteiger partial charge is 0.370 e. The average molecular weight is 331 g/mol. The summed E-state index contributed by atoms with van der Waals surface area (Å²) >= 11 is 0. The van der Waals surface area contributed by atoms with Gasteiger partial charge < -0.3 is 11.1 Å². The first kappa shape index (κ1) is 15.0. The molecule has 1 rings (SSSR count). The number of aryl methyl sites for hydroxylation is 2. The topological polar surface area (TPSA) is 50.4 Å². The van der Waals surface area contributed by atoms with Crippen molar-refractivity contribution in [2.24, 2.45) is 10.7 Å². The van der Waals surface area contributed by atoms with E-state index < -0.39 is 0 Å². The van der Waals surface area contributed by atoms with Crippen molar-refractivity contribution in [3.05, 3.63) is 42.0 Å². The van der Waals surface area contributed by atoms with E-state index in [2.05, 4.69) is 36.8 Å². The van der Waals surface area contributed by atoms with Gasteiger partial charge in [0, 0.05) is 5.69 Å². The van der Waals surface area contributed by atoms with E-state index in [0.29, 0.717) is 12.5 Å². The Labute approximate surface area is 114 Å². The molecule has 0 atom stereocenters. The number of hydrogen-bond acceptors (Lipinski definition) is 1. The van der Waals surface area contributed by atoms with Gasteiger partial charge in [-0.2, -0.15) is 0 Å². The summed E-state index contributed by atoms with van der Waals surface area (Å²) in [6, 6.07) is 6.09. The molecule has 0 amide bonds. The van der Waals surface area contributed by atoms with Crippen LogP contribution >= 0.6 is 24.0 Å². The minimum absolute atomic E-state index is 0. The van der Waals surface area contributed by atoms with Gasteiger partial charge in [-0.1, -0.05) is 12.1 Å². The van der Waals surface area contributed by atoms with Gasteiger partial charge in [0.25, 0.3) is 0 Å². The second-order valence-electron chi connectivity index (χ2n) is 3.44. The Hall–Kier alpha value is -1.04. The van der Waals surface area contributed by atoms with Gasteiger partial charge >= 0.3 is 0 Å². The summed E-state index contributed by atoms with van der Waals surface area (Å²) < 4.78 is 0. The van der Waals surface area contributed by atoms with Gasteiger partial charge in [-0.25, -0.2) is 4.99 Å². The number of halogens is 1. The number of nitrogens with zero attached hydrogens (tertiary/aromatic N) is 1. The molecule has 3 N–H and O–H groups in total. The van der Waals surface area contributed by atoms with E-state index in [-0.39, 0.29) is 24.0 Å². The summed E-state index contributed by atoms with van der Waals surface area (Å²) in [5, 5.41) is 3.02. The van der Waals surface area contributed by atoms with Crippen LogP contribution in [-0.4, -0.2) is 12.5 Å². The lowest BCUT2D eigenvalue weighted by molar-refractivity contribution is 1.22. The molecule has 88 valence electrons. The van der Waals surface area contributed by atoms with Crippen LogP contribution in [0.4, 0.5) is 5.69 Å². The van der Waals surface area contributed by atoms with Gasteiger partial charge in [0.05, 0.1) is 6.54 Å². The molecule has 0 spiro atoms. The molecule has 3 nitrogen and oxygen atoms in total. The van der Waals surface area contributed by atoms with Crippen molar-refractivity contribution in [2.45, 2.75) is 13.8 Å². The maximum Gasteiger partial charge on any atom is 0.193 e. The van der Waals surface area contributed by atoms with E-state index >= 15 is 0 Å². The third-order valence-electron chi connectivity index (χ3n) is 2.17. The lowest BCUT2D eigenvalue weighted by atomic mass is 10.1. The summed E-state index contributed by atoms with van der Waals surface area (Å²) in [6.07, 6.45) is 1.70. The van der Waals surface area contributed by atoms with Gasteiger partial charge in [-0.3, -0.25) is 0 Å². The maximum atomic E-state index is 5.67. The van der Waals surface area contributed by atoms with Crippen LogP contribution in [0.2, 0.25) is 0 Å². The van der Waals surface area contributed by atoms with Gasteiger partial charge in [-0.05, 0) is 37.1 Å². The average Bonchev–Trinajstić information content (AvgIpc) is 2.20. The van der Waals surface area contributed by atoms with E-state index in [1.165, 1.54) is 11.1 Å². The molecule has 0 saturated heterocycles. The summed E-state index contributed by atoms with van der Waals surface area (Å²) in [4.78, 5) is 4.06. The Bertz CT molecular complexity index is 386. The third-order valence-corrected chi connectivity index (χ3v) is 2.17. The van der Waals surface area contributed by atoms with E-state index in [9.17, 15) is 0 Å². The highest BCUT2D eigenvalue weighted by Crippen LogP contribution is 2.13. The van der Waals surface area contributed by atoms with Crippen LogP contribution in [0.3, 0.4) is 0 Å². The lowest BCUT2D eigenvalue weighted by Gasteiger charge is -2.07. The van der Waals surface area contributed by atoms with Crippen LogP contribution in [0.25, 0.3) is 0 Å². The Morgan fingerprint density at radius 1 is 1.44 bits per heavy atom. The van der Waals surface area contributed by atoms with Crippen LogP contribution < -0.4 is 11.1 Å². The minimum atomic E-state index is 0. The number of guanidine groups is 1. The van der Waals surface area contributed by atoms with E-state index in [1.54, 1.807) is 6.08 Å². The van der Waals surface area contributed by atoms with Crippen molar-refractivity contribution in [2.75, 3.05) is 11.9 Å². The Kier molecular flexibility index (Phi) is 6.80. The summed E-state index contributed by atoms with van der Waals surface area (Å²) in [5.74, 6) is 0.415. The molecule has 0 aromatic heterocycles. The Morgan fingerprint density at radius 2 is 2.12 bits per heavy atom. The molecule has 0 heterocycles. The van der Waals surface area contributed by atoms with Gasteiger partial charge in [0.15, 0.2) is 5.96 Å². The third kappa shape index (κ3) is 4.65. The predicted molar refractivity (Wildman–Crippen MR) is 81.6 cm³/mol. The monoisotopic (exact) mass is 331 g/mol. The van der Waals surface area contributed by atoms with E-state index in [0.717, 1.165) is 5.69 Å². The fourth-order valence-electron chi connectivity index (χ4n) is 1.17. The smallest absolute Gasteiger partial charge is 0.193 e. The Balaban J connectivity index is 0.00000225. The standard InChI is InChI=1S/C12H17N3.HI/c1-4-7-14-12(13)15-11-6-5-9(2)10(3)8-11;/h4-6,8H,1,7H2,2-3H3,(H3,13,14,15);1H. The zero-order valence-corrected chi connectivity index (χ0v) is 12.0. The van der Waals surface area contributed by atoms with Crippen LogP contribution in [0.15, 0.2) is 35.8 Å². The predicted octanol–water partition coefficient (Wildman–Crippen LogP) is 2.83. The number of hydrogen-bond donors (Lipinski definition) is 2. The first-order valence-corrected chi connectivity index (χ1v) is 4.88. The minimum Gasteiger partial charge on any atom is -0.370 e. The van der Waals surface area contributed by atoms with E-state index in [4.69, 9.17) is 5.73 Å². The van der Waals surface area contributed by atoms with Crippen LogP contribution in [0.5, 0.6) is 0 Å². The lowest BCUT2D eigenvalue weighted by Crippen LogP contribution is -2.22. The highest BCUT2D eigenvalue weighted by Gasteiger charge is 1.96. The van der Waals surface area contributed by atoms with Crippen molar-refractivity contribution >= 4 is 35.6 Å². The first-order valence-electron chi connectivity index (χ1n) is 4.88. The molecule has 1 aromatic rings. The van der Waals surface area contributed by atoms with Crippen molar-refractivity contribution in [3.8, 4) is 0 Å². The number of aliphatic imine (C=N–C) groups is 1. The summed E-state index contributed by atoms with van der Waals surface area (Å²) in [7, 11) is 0. The fourth-order valence-corrected chi connectivity index (χ4v) is 1.17. The normalized spacial score (nSPS) is 10.5. The highest BCUT2D eigenvalue weighted by atomic mass is 127. The summed E-state index contributed by atoms with van der Waals surface area (Å²) in [6.45, 7) is 8.25. The second kappa shape index (κ2) is 7.27.